The first kappa shape index (κ1) is 12.1. The second kappa shape index (κ2) is 4.94. The molecule has 0 heterocycles. The molecule has 4 heteroatoms. The number of hydrogen-bond donors (Lipinski definition) is 2. The molecule has 0 aliphatic heterocycles. The van der Waals surface area contributed by atoms with Crippen molar-refractivity contribution in [2.24, 2.45) is 5.73 Å². The molecule has 3 nitrogen and oxygen atoms in total. The van der Waals surface area contributed by atoms with Crippen molar-refractivity contribution in [3.8, 4) is 5.75 Å². The van der Waals surface area contributed by atoms with Crippen molar-refractivity contribution in [3.63, 3.8) is 0 Å². The number of rotatable bonds is 2. The highest BCUT2D eigenvalue weighted by Gasteiger charge is 2.08. The second-order valence-corrected chi connectivity index (χ2v) is 2.76. The van der Waals surface area contributed by atoms with E-state index >= 15 is 0 Å². The minimum atomic E-state index is -0.0524. The molecule has 0 radical (unpaired) electrons. The van der Waals surface area contributed by atoms with Gasteiger partial charge >= 0.3 is 0 Å². The van der Waals surface area contributed by atoms with Gasteiger partial charge in [-0.3, -0.25) is 0 Å². The number of halogens is 1. The maximum atomic E-state index is 5.72. The van der Waals surface area contributed by atoms with E-state index in [1.54, 1.807) is 13.2 Å². The number of anilines is 1. The Bertz CT molecular complexity index is 276. The summed E-state index contributed by atoms with van der Waals surface area (Å²) in [6.07, 6.45) is 0. The standard InChI is InChI=1S/C9H14N2O.ClH/c1-6(10)7-4-3-5-8(11)9(7)12-2;/h3-6H,10-11H2,1-2H3;1H/t6-;/m1./s1. The molecule has 0 saturated carbocycles. The molecule has 0 spiro atoms. The van der Waals surface area contributed by atoms with Crippen LogP contribution in [-0.4, -0.2) is 7.11 Å². The Morgan fingerprint density at radius 3 is 2.38 bits per heavy atom. The van der Waals surface area contributed by atoms with Gasteiger partial charge in [0, 0.05) is 11.6 Å². The molecule has 1 aromatic carbocycles. The first-order valence-corrected chi connectivity index (χ1v) is 3.84. The molecular weight excluding hydrogens is 188 g/mol. The van der Waals surface area contributed by atoms with E-state index in [-0.39, 0.29) is 18.4 Å². The van der Waals surface area contributed by atoms with E-state index in [1.165, 1.54) is 0 Å². The highest BCUT2D eigenvalue weighted by atomic mass is 35.5. The van der Waals surface area contributed by atoms with Gasteiger partial charge in [-0.25, -0.2) is 0 Å². The van der Waals surface area contributed by atoms with Crippen LogP contribution in [0.5, 0.6) is 5.75 Å². The quantitative estimate of drug-likeness (QED) is 0.718. The van der Waals surface area contributed by atoms with Crippen LogP contribution in [0, 0.1) is 0 Å². The van der Waals surface area contributed by atoms with Crippen molar-refractivity contribution < 1.29 is 4.74 Å². The lowest BCUT2D eigenvalue weighted by molar-refractivity contribution is 0.409. The van der Waals surface area contributed by atoms with E-state index in [4.69, 9.17) is 16.2 Å². The van der Waals surface area contributed by atoms with Crippen molar-refractivity contribution in [1.82, 2.24) is 0 Å². The number of benzene rings is 1. The lowest BCUT2D eigenvalue weighted by Gasteiger charge is -2.12. The highest BCUT2D eigenvalue weighted by Crippen LogP contribution is 2.29. The van der Waals surface area contributed by atoms with Crippen LogP contribution in [0.2, 0.25) is 0 Å². The third-order valence-corrected chi connectivity index (χ3v) is 1.77. The molecule has 4 N–H and O–H groups in total. The minimum Gasteiger partial charge on any atom is -0.494 e. The average Bonchev–Trinajstić information content (AvgIpc) is 2.03. The van der Waals surface area contributed by atoms with Crippen LogP contribution in [0.1, 0.15) is 18.5 Å². The molecule has 0 aliphatic carbocycles. The maximum absolute atomic E-state index is 5.72. The Morgan fingerprint density at radius 2 is 2.00 bits per heavy atom. The number of nitrogens with two attached hydrogens (primary N) is 2. The van der Waals surface area contributed by atoms with Crippen molar-refractivity contribution in [2.75, 3.05) is 12.8 Å². The molecular formula is C9H15ClN2O. The number of hydrogen-bond acceptors (Lipinski definition) is 3. The monoisotopic (exact) mass is 202 g/mol. The van der Waals surface area contributed by atoms with E-state index < -0.39 is 0 Å². The number of ether oxygens (including phenoxy) is 1. The zero-order chi connectivity index (χ0) is 9.14. The zero-order valence-corrected chi connectivity index (χ0v) is 8.60. The van der Waals surface area contributed by atoms with Crippen molar-refractivity contribution >= 4 is 18.1 Å². The van der Waals surface area contributed by atoms with Crippen LogP contribution < -0.4 is 16.2 Å². The lowest BCUT2D eigenvalue weighted by Crippen LogP contribution is -2.08. The molecule has 0 bridgehead atoms. The predicted octanol–water partition coefficient (Wildman–Crippen LogP) is 1.72. The Morgan fingerprint density at radius 1 is 1.38 bits per heavy atom. The lowest BCUT2D eigenvalue weighted by atomic mass is 10.1. The molecule has 1 rings (SSSR count). The van der Waals surface area contributed by atoms with Crippen molar-refractivity contribution in [1.29, 1.82) is 0 Å². The van der Waals surface area contributed by atoms with Crippen LogP contribution in [0.25, 0.3) is 0 Å². The summed E-state index contributed by atoms with van der Waals surface area (Å²) in [5, 5.41) is 0. The van der Waals surface area contributed by atoms with Gasteiger partial charge in [-0.1, -0.05) is 12.1 Å². The number of nitrogen functional groups attached to an aromatic ring is 1. The third kappa shape index (κ3) is 2.50. The topological polar surface area (TPSA) is 61.3 Å². The smallest absolute Gasteiger partial charge is 0.146 e. The molecule has 0 aliphatic rings. The summed E-state index contributed by atoms with van der Waals surface area (Å²) in [6, 6.07) is 5.53. The average molecular weight is 203 g/mol. The molecule has 0 unspecified atom stereocenters. The van der Waals surface area contributed by atoms with Crippen LogP contribution in [0.4, 0.5) is 5.69 Å². The van der Waals surface area contributed by atoms with Crippen molar-refractivity contribution in [2.45, 2.75) is 13.0 Å². The van der Waals surface area contributed by atoms with Gasteiger partial charge in [-0.05, 0) is 13.0 Å². The molecule has 0 fully saturated rings. The minimum absolute atomic E-state index is 0. The van der Waals surface area contributed by atoms with E-state index in [0.717, 1.165) is 5.56 Å². The normalized spacial score (nSPS) is 11.6. The molecule has 0 amide bonds. The van der Waals surface area contributed by atoms with Crippen LogP contribution in [0.3, 0.4) is 0 Å². The van der Waals surface area contributed by atoms with E-state index in [1.807, 2.05) is 19.1 Å². The van der Waals surface area contributed by atoms with Crippen LogP contribution in [-0.2, 0) is 0 Å². The first-order chi connectivity index (χ1) is 5.66. The van der Waals surface area contributed by atoms with Gasteiger partial charge in [0.15, 0.2) is 0 Å². The van der Waals surface area contributed by atoms with E-state index in [9.17, 15) is 0 Å². The summed E-state index contributed by atoms with van der Waals surface area (Å²) >= 11 is 0. The molecule has 1 atom stereocenters. The summed E-state index contributed by atoms with van der Waals surface area (Å²) in [4.78, 5) is 0. The van der Waals surface area contributed by atoms with Gasteiger partial charge in [0.1, 0.15) is 5.75 Å². The predicted molar refractivity (Wildman–Crippen MR) is 57.3 cm³/mol. The Hall–Kier alpha value is -0.930. The Labute approximate surface area is 84.5 Å². The SMILES string of the molecule is COc1c(N)cccc1[C@@H](C)N.Cl. The fraction of sp³-hybridized carbons (Fsp3) is 0.333. The fourth-order valence-electron chi connectivity index (χ4n) is 1.17. The summed E-state index contributed by atoms with van der Waals surface area (Å²) in [6.45, 7) is 1.90. The third-order valence-electron chi connectivity index (χ3n) is 1.77. The van der Waals surface area contributed by atoms with Gasteiger partial charge in [0.2, 0.25) is 0 Å². The summed E-state index contributed by atoms with van der Waals surface area (Å²) in [5.74, 6) is 0.688. The van der Waals surface area contributed by atoms with Gasteiger partial charge < -0.3 is 16.2 Å². The molecule has 0 aromatic heterocycles. The molecule has 74 valence electrons. The van der Waals surface area contributed by atoms with Gasteiger partial charge in [0.05, 0.1) is 12.8 Å². The fourth-order valence-corrected chi connectivity index (χ4v) is 1.17. The zero-order valence-electron chi connectivity index (χ0n) is 7.78. The summed E-state index contributed by atoms with van der Waals surface area (Å²) in [5.41, 5.74) is 13.0. The Balaban J connectivity index is 0.00000144. The van der Waals surface area contributed by atoms with Crippen LogP contribution in [0.15, 0.2) is 18.2 Å². The second-order valence-electron chi connectivity index (χ2n) is 2.76. The maximum Gasteiger partial charge on any atom is 0.146 e. The van der Waals surface area contributed by atoms with Crippen LogP contribution >= 0.6 is 12.4 Å². The van der Waals surface area contributed by atoms with Gasteiger partial charge in [-0.2, -0.15) is 0 Å². The molecule has 0 saturated heterocycles. The summed E-state index contributed by atoms with van der Waals surface area (Å²) < 4.78 is 5.13. The summed E-state index contributed by atoms with van der Waals surface area (Å²) in [7, 11) is 1.59. The van der Waals surface area contributed by atoms with Crippen molar-refractivity contribution in [3.05, 3.63) is 23.8 Å². The van der Waals surface area contributed by atoms with E-state index in [0.29, 0.717) is 11.4 Å². The van der Waals surface area contributed by atoms with E-state index in [2.05, 4.69) is 0 Å². The van der Waals surface area contributed by atoms with Gasteiger partial charge in [-0.15, -0.1) is 12.4 Å². The number of para-hydroxylation sites is 1. The largest absolute Gasteiger partial charge is 0.494 e. The molecule has 1 aromatic rings. The highest BCUT2D eigenvalue weighted by molar-refractivity contribution is 5.85. The first-order valence-electron chi connectivity index (χ1n) is 3.84. The molecule has 13 heavy (non-hydrogen) atoms. The Kier molecular flexibility index (Phi) is 4.59. The van der Waals surface area contributed by atoms with Gasteiger partial charge in [0.25, 0.3) is 0 Å². The number of methoxy groups -OCH3 is 1.